The summed E-state index contributed by atoms with van der Waals surface area (Å²) in [6.07, 6.45) is -0.970. The second kappa shape index (κ2) is 7.46. The summed E-state index contributed by atoms with van der Waals surface area (Å²) in [7, 11) is 0. The van der Waals surface area contributed by atoms with Crippen molar-refractivity contribution in [3.63, 3.8) is 0 Å². The van der Waals surface area contributed by atoms with E-state index in [4.69, 9.17) is 9.47 Å². The number of aliphatic hydroxyl groups excluding tert-OH is 2. The fourth-order valence-corrected chi connectivity index (χ4v) is 2.67. The summed E-state index contributed by atoms with van der Waals surface area (Å²) in [5.74, 6) is 0.378. The summed E-state index contributed by atoms with van der Waals surface area (Å²) in [6.45, 7) is -0.181. The topological polar surface area (TPSA) is 93.1 Å². The summed E-state index contributed by atoms with van der Waals surface area (Å²) in [6, 6.07) is 11.5. The van der Waals surface area contributed by atoms with Crippen LogP contribution in [0, 0.1) is 0 Å². The number of hydrogen-bond donors (Lipinski definition) is 2. The third-order valence-electron chi connectivity index (χ3n) is 3.98. The first kappa shape index (κ1) is 17.1. The number of ketones is 2. The number of benzene rings is 2. The molecule has 1 atom stereocenters. The highest BCUT2D eigenvalue weighted by Gasteiger charge is 2.21. The lowest BCUT2D eigenvalue weighted by atomic mass is 9.98. The molecule has 0 saturated heterocycles. The van der Waals surface area contributed by atoms with E-state index in [0.717, 1.165) is 0 Å². The molecule has 3 rings (SSSR count). The van der Waals surface area contributed by atoms with Gasteiger partial charge in [0, 0.05) is 24.0 Å². The van der Waals surface area contributed by atoms with E-state index in [0.29, 0.717) is 28.2 Å². The first-order valence-electron chi connectivity index (χ1n) is 7.95. The third kappa shape index (κ3) is 3.87. The lowest BCUT2D eigenvalue weighted by Crippen LogP contribution is -2.28. The Balaban J connectivity index is 1.67. The average Bonchev–Trinajstić information content (AvgIpc) is 2.65. The molecule has 1 heterocycles. The summed E-state index contributed by atoms with van der Waals surface area (Å²) in [4.78, 5) is 24.6. The highest BCUT2D eigenvalue weighted by molar-refractivity contribution is 6.03. The lowest BCUT2D eigenvalue weighted by Gasteiger charge is -2.23. The van der Waals surface area contributed by atoms with E-state index in [2.05, 4.69) is 0 Å². The molecule has 1 aliphatic rings. The number of aliphatic hydroxyl groups is 2. The van der Waals surface area contributed by atoms with Crippen LogP contribution in [0.15, 0.2) is 42.5 Å². The minimum Gasteiger partial charge on any atom is -0.483 e. The zero-order valence-electron chi connectivity index (χ0n) is 13.5. The zero-order chi connectivity index (χ0) is 17.8. The molecule has 6 heteroatoms. The molecule has 2 N–H and O–H groups in total. The van der Waals surface area contributed by atoms with Gasteiger partial charge in [0.05, 0.1) is 6.61 Å². The predicted molar refractivity (Wildman–Crippen MR) is 88.8 cm³/mol. The Bertz CT molecular complexity index is 798. The van der Waals surface area contributed by atoms with Gasteiger partial charge in [-0.1, -0.05) is 24.3 Å². The number of carbonyl (C=O) groups is 2. The van der Waals surface area contributed by atoms with Crippen LogP contribution in [0.1, 0.15) is 39.1 Å². The van der Waals surface area contributed by atoms with Crippen molar-refractivity contribution in [1.29, 1.82) is 0 Å². The molecule has 2 aromatic carbocycles. The van der Waals surface area contributed by atoms with Gasteiger partial charge in [-0.05, 0) is 23.8 Å². The molecule has 0 aliphatic carbocycles. The molecular formula is C19H18O6. The Labute approximate surface area is 144 Å². The van der Waals surface area contributed by atoms with E-state index in [-0.39, 0.29) is 37.6 Å². The summed E-state index contributed by atoms with van der Waals surface area (Å²) in [5.41, 5.74) is 1.37. The molecule has 0 spiro atoms. The van der Waals surface area contributed by atoms with Crippen molar-refractivity contribution >= 4 is 11.6 Å². The van der Waals surface area contributed by atoms with Crippen molar-refractivity contribution in [2.75, 3.05) is 6.61 Å². The second-order valence-corrected chi connectivity index (χ2v) is 5.71. The highest BCUT2D eigenvalue weighted by Crippen LogP contribution is 2.32. The molecule has 0 fully saturated rings. The van der Waals surface area contributed by atoms with Gasteiger partial charge in [-0.2, -0.15) is 0 Å². The van der Waals surface area contributed by atoms with Gasteiger partial charge in [-0.15, -0.1) is 0 Å². The molecule has 6 nitrogen and oxygen atoms in total. The maximum absolute atomic E-state index is 12.3. The predicted octanol–water partition coefficient (Wildman–Crippen LogP) is 2.11. The van der Waals surface area contributed by atoms with Crippen LogP contribution >= 0.6 is 0 Å². The quantitative estimate of drug-likeness (QED) is 0.781. The van der Waals surface area contributed by atoms with Gasteiger partial charge in [-0.3, -0.25) is 9.59 Å². The Kier molecular flexibility index (Phi) is 5.11. The third-order valence-corrected chi connectivity index (χ3v) is 3.98. The van der Waals surface area contributed by atoms with E-state index in [1.807, 2.05) is 0 Å². The summed E-state index contributed by atoms with van der Waals surface area (Å²) >= 11 is 0. The smallest absolute Gasteiger partial charge is 0.232 e. The van der Waals surface area contributed by atoms with Gasteiger partial charge in [-0.25, -0.2) is 0 Å². The molecule has 0 bridgehead atoms. The van der Waals surface area contributed by atoms with E-state index in [1.54, 1.807) is 36.4 Å². The van der Waals surface area contributed by atoms with E-state index < -0.39 is 6.29 Å². The molecule has 0 saturated carbocycles. The standard InChI is InChI=1S/C19H18O6/c20-10-13-3-1-2-4-14(13)16(22)7-6-15(21)12-5-8-17-18(9-12)25-19(23)11-24-17/h1-5,8-9,19-20,23H,6-7,10-11H2. The van der Waals surface area contributed by atoms with Crippen LogP contribution in [0.3, 0.4) is 0 Å². The second-order valence-electron chi connectivity index (χ2n) is 5.71. The normalized spacial score (nSPS) is 15.7. The van der Waals surface area contributed by atoms with Crippen molar-refractivity contribution in [3.05, 3.63) is 59.2 Å². The van der Waals surface area contributed by atoms with Gasteiger partial charge >= 0.3 is 0 Å². The van der Waals surface area contributed by atoms with Crippen molar-refractivity contribution in [1.82, 2.24) is 0 Å². The van der Waals surface area contributed by atoms with E-state index in [1.165, 1.54) is 6.07 Å². The van der Waals surface area contributed by atoms with Gasteiger partial charge in [0.1, 0.15) is 0 Å². The largest absolute Gasteiger partial charge is 0.483 e. The molecule has 1 aliphatic heterocycles. The van der Waals surface area contributed by atoms with Crippen LogP contribution in [0.4, 0.5) is 0 Å². The van der Waals surface area contributed by atoms with Crippen molar-refractivity contribution in [2.45, 2.75) is 25.7 Å². The number of rotatable bonds is 6. The van der Waals surface area contributed by atoms with Gasteiger partial charge in [0.2, 0.25) is 6.29 Å². The van der Waals surface area contributed by atoms with Crippen molar-refractivity contribution in [3.8, 4) is 11.5 Å². The van der Waals surface area contributed by atoms with Gasteiger partial charge in [0.15, 0.2) is 29.7 Å². The maximum Gasteiger partial charge on any atom is 0.232 e. The minimum absolute atomic E-state index is 0.0407. The van der Waals surface area contributed by atoms with Gasteiger partial charge < -0.3 is 19.7 Å². The molecule has 0 radical (unpaired) electrons. The number of hydrogen-bond acceptors (Lipinski definition) is 6. The molecule has 1 unspecified atom stereocenters. The molecule has 0 aromatic heterocycles. The van der Waals surface area contributed by atoms with E-state index >= 15 is 0 Å². The summed E-state index contributed by atoms with van der Waals surface area (Å²) in [5, 5.41) is 18.7. The SMILES string of the molecule is O=C(CCC(=O)c1ccccc1CO)c1ccc2c(c1)OC(O)CO2. The van der Waals surface area contributed by atoms with Crippen LogP contribution in [-0.2, 0) is 6.61 Å². The fourth-order valence-electron chi connectivity index (χ4n) is 2.67. The average molecular weight is 342 g/mol. The molecule has 130 valence electrons. The Hall–Kier alpha value is -2.70. The fraction of sp³-hybridized carbons (Fsp3) is 0.263. The first-order chi connectivity index (χ1) is 12.1. The molecular weight excluding hydrogens is 324 g/mol. The van der Waals surface area contributed by atoms with Crippen molar-refractivity contribution < 1.29 is 29.3 Å². The number of fused-ring (bicyclic) bond motifs is 1. The zero-order valence-corrected chi connectivity index (χ0v) is 13.5. The van der Waals surface area contributed by atoms with Crippen LogP contribution in [0.5, 0.6) is 11.5 Å². The Morgan fingerprint density at radius 2 is 1.80 bits per heavy atom. The lowest BCUT2D eigenvalue weighted by molar-refractivity contribution is -0.0670. The van der Waals surface area contributed by atoms with Crippen LogP contribution in [-0.4, -0.2) is 34.7 Å². The number of carbonyl (C=O) groups excluding carboxylic acids is 2. The van der Waals surface area contributed by atoms with Crippen LogP contribution < -0.4 is 9.47 Å². The molecule has 25 heavy (non-hydrogen) atoms. The Morgan fingerprint density at radius 3 is 2.60 bits per heavy atom. The molecule has 2 aromatic rings. The number of Topliss-reactive ketones (excluding diaryl/α,β-unsaturated/α-hetero) is 2. The highest BCUT2D eigenvalue weighted by atomic mass is 16.7. The van der Waals surface area contributed by atoms with E-state index in [9.17, 15) is 19.8 Å². The van der Waals surface area contributed by atoms with Crippen molar-refractivity contribution in [2.24, 2.45) is 0 Å². The monoisotopic (exact) mass is 342 g/mol. The van der Waals surface area contributed by atoms with Crippen LogP contribution in [0.2, 0.25) is 0 Å². The first-order valence-corrected chi connectivity index (χ1v) is 7.95. The summed E-state index contributed by atoms with van der Waals surface area (Å²) < 4.78 is 10.5. The maximum atomic E-state index is 12.3. The van der Waals surface area contributed by atoms with Crippen LogP contribution in [0.25, 0.3) is 0 Å². The minimum atomic E-state index is -1.06. The Morgan fingerprint density at radius 1 is 1.04 bits per heavy atom. The van der Waals surface area contributed by atoms with Gasteiger partial charge in [0.25, 0.3) is 0 Å². The molecule has 0 amide bonds. The number of ether oxygens (including phenoxy) is 2.